The topological polar surface area (TPSA) is 33.1 Å². The molecule has 0 aromatic carbocycles. The molecule has 0 saturated heterocycles. The highest BCUT2D eigenvalue weighted by molar-refractivity contribution is 7.11. The molecular weight excluding hydrogens is 194 g/mol. The monoisotopic (exact) mass is 213 g/mol. The molecular formula is C11H19NOS. The molecule has 0 spiro atoms. The number of aryl methyl sites for hydroxylation is 2. The Hall–Kier alpha value is -0.410. The molecule has 0 aliphatic rings. The molecule has 1 heterocycles. The first-order chi connectivity index (χ1) is 6.30. The average Bonchev–Trinajstić information content (AvgIpc) is 2.29. The second-order valence-corrected chi connectivity index (χ2v) is 6.12. The number of hydrogen-bond donors (Lipinski definition) is 1. The maximum Gasteiger partial charge on any atom is 0.0956 e. The minimum Gasteiger partial charge on any atom is -0.392 e. The van der Waals surface area contributed by atoms with Crippen molar-refractivity contribution in [3.05, 3.63) is 15.6 Å². The first kappa shape index (κ1) is 11.7. The molecule has 1 aromatic rings. The minimum atomic E-state index is -0.313. The molecule has 1 rings (SSSR count). The summed E-state index contributed by atoms with van der Waals surface area (Å²) in [6.07, 6.45) is 0.357. The number of hydrogen-bond acceptors (Lipinski definition) is 3. The summed E-state index contributed by atoms with van der Waals surface area (Å²) in [5.74, 6) is 0. The van der Waals surface area contributed by atoms with E-state index in [2.05, 4.69) is 11.9 Å². The van der Waals surface area contributed by atoms with Crippen LogP contribution in [-0.2, 0) is 6.42 Å². The molecule has 2 nitrogen and oxygen atoms in total. The van der Waals surface area contributed by atoms with Gasteiger partial charge in [0.1, 0.15) is 0 Å². The van der Waals surface area contributed by atoms with E-state index in [1.807, 2.05) is 27.7 Å². The summed E-state index contributed by atoms with van der Waals surface area (Å²) in [6, 6.07) is 0. The highest BCUT2D eigenvalue weighted by Gasteiger charge is 2.23. The molecule has 14 heavy (non-hydrogen) atoms. The van der Waals surface area contributed by atoms with Crippen LogP contribution in [0.4, 0.5) is 0 Å². The van der Waals surface area contributed by atoms with Crippen molar-refractivity contribution < 1.29 is 5.11 Å². The fraction of sp³-hybridized carbons (Fsp3) is 0.727. The lowest BCUT2D eigenvalue weighted by molar-refractivity contribution is 0.0635. The van der Waals surface area contributed by atoms with Gasteiger partial charge in [-0.2, -0.15) is 0 Å². The van der Waals surface area contributed by atoms with Gasteiger partial charge in [0, 0.05) is 11.3 Å². The zero-order valence-electron chi connectivity index (χ0n) is 9.59. The predicted molar refractivity (Wildman–Crippen MR) is 60.8 cm³/mol. The Morgan fingerprint density at radius 2 is 1.93 bits per heavy atom. The lowest BCUT2D eigenvalue weighted by Gasteiger charge is -2.24. The van der Waals surface area contributed by atoms with E-state index in [1.165, 1.54) is 4.88 Å². The minimum absolute atomic E-state index is 0.0620. The molecule has 0 aliphatic heterocycles. The molecule has 1 aromatic heterocycles. The molecule has 80 valence electrons. The van der Waals surface area contributed by atoms with Crippen LogP contribution in [0.15, 0.2) is 0 Å². The van der Waals surface area contributed by atoms with Gasteiger partial charge in [0.2, 0.25) is 0 Å². The van der Waals surface area contributed by atoms with E-state index in [9.17, 15) is 5.11 Å². The second kappa shape index (κ2) is 3.99. The van der Waals surface area contributed by atoms with Gasteiger partial charge in [0.05, 0.1) is 16.8 Å². The van der Waals surface area contributed by atoms with Crippen LogP contribution in [0.1, 0.15) is 36.3 Å². The summed E-state index contributed by atoms with van der Waals surface area (Å²) in [5.41, 5.74) is 1.03. The Balaban J connectivity index is 2.70. The standard InChI is InChI=1S/C11H19NOS/c1-7-8(2)14-10(12-7)6-9(13)11(3,4)5/h9,13H,6H2,1-5H3. The lowest BCUT2D eigenvalue weighted by Crippen LogP contribution is -2.27. The van der Waals surface area contributed by atoms with Gasteiger partial charge in [-0.25, -0.2) is 4.98 Å². The second-order valence-electron chi connectivity index (χ2n) is 4.84. The van der Waals surface area contributed by atoms with E-state index < -0.39 is 0 Å². The van der Waals surface area contributed by atoms with E-state index in [1.54, 1.807) is 11.3 Å². The van der Waals surface area contributed by atoms with Crippen molar-refractivity contribution >= 4 is 11.3 Å². The van der Waals surface area contributed by atoms with Crippen LogP contribution in [0.25, 0.3) is 0 Å². The maximum atomic E-state index is 9.91. The van der Waals surface area contributed by atoms with Crippen LogP contribution in [0.2, 0.25) is 0 Å². The van der Waals surface area contributed by atoms with E-state index in [0.29, 0.717) is 6.42 Å². The van der Waals surface area contributed by atoms with Gasteiger partial charge in [0.25, 0.3) is 0 Å². The third-order valence-electron chi connectivity index (χ3n) is 2.44. The van der Waals surface area contributed by atoms with Crippen molar-refractivity contribution in [2.45, 2.75) is 47.1 Å². The smallest absolute Gasteiger partial charge is 0.0956 e. The molecule has 1 unspecified atom stereocenters. The van der Waals surface area contributed by atoms with Crippen LogP contribution in [0.3, 0.4) is 0 Å². The number of aromatic nitrogens is 1. The van der Waals surface area contributed by atoms with Gasteiger partial charge in [-0.05, 0) is 19.3 Å². The van der Waals surface area contributed by atoms with Crippen LogP contribution in [0.5, 0.6) is 0 Å². The molecule has 0 aliphatic carbocycles. The van der Waals surface area contributed by atoms with Gasteiger partial charge in [-0.1, -0.05) is 20.8 Å². The Morgan fingerprint density at radius 1 is 1.36 bits per heavy atom. The van der Waals surface area contributed by atoms with E-state index in [0.717, 1.165) is 10.7 Å². The Kier molecular flexibility index (Phi) is 3.32. The fourth-order valence-electron chi connectivity index (χ4n) is 1.10. The van der Waals surface area contributed by atoms with Gasteiger partial charge in [0.15, 0.2) is 0 Å². The number of thiazole rings is 1. The Bertz CT molecular complexity index is 292. The number of rotatable bonds is 2. The van der Waals surface area contributed by atoms with Crippen LogP contribution in [0, 0.1) is 19.3 Å². The summed E-state index contributed by atoms with van der Waals surface area (Å²) in [5, 5.41) is 10.9. The van der Waals surface area contributed by atoms with Crippen molar-refractivity contribution in [3.8, 4) is 0 Å². The zero-order valence-corrected chi connectivity index (χ0v) is 10.4. The van der Waals surface area contributed by atoms with Crippen molar-refractivity contribution in [3.63, 3.8) is 0 Å². The fourth-order valence-corrected chi connectivity index (χ4v) is 2.07. The first-order valence-corrected chi connectivity index (χ1v) is 5.73. The van der Waals surface area contributed by atoms with Crippen molar-refractivity contribution in [1.29, 1.82) is 0 Å². The van der Waals surface area contributed by atoms with Crippen LogP contribution >= 0.6 is 11.3 Å². The third-order valence-corrected chi connectivity index (χ3v) is 3.54. The van der Waals surface area contributed by atoms with Gasteiger partial charge in [-0.3, -0.25) is 0 Å². The molecule has 1 N–H and O–H groups in total. The van der Waals surface area contributed by atoms with Crippen molar-refractivity contribution in [2.75, 3.05) is 0 Å². The number of aliphatic hydroxyl groups excluding tert-OH is 1. The quantitative estimate of drug-likeness (QED) is 0.819. The summed E-state index contributed by atoms with van der Waals surface area (Å²) in [6.45, 7) is 10.2. The molecule has 1 atom stereocenters. The largest absolute Gasteiger partial charge is 0.392 e. The van der Waals surface area contributed by atoms with Gasteiger partial charge in [-0.15, -0.1) is 11.3 Å². The SMILES string of the molecule is Cc1nc(CC(O)C(C)(C)C)sc1C. The zero-order chi connectivity index (χ0) is 10.9. The summed E-state index contributed by atoms with van der Waals surface area (Å²) >= 11 is 1.69. The van der Waals surface area contributed by atoms with Crippen LogP contribution < -0.4 is 0 Å². The van der Waals surface area contributed by atoms with Gasteiger partial charge >= 0.3 is 0 Å². The Morgan fingerprint density at radius 3 is 2.29 bits per heavy atom. The summed E-state index contributed by atoms with van der Waals surface area (Å²) in [7, 11) is 0. The lowest BCUT2D eigenvalue weighted by atomic mass is 9.87. The number of aliphatic hydroxyl groups is 1. The molecule has 0 amide bonds. The highest BCUT2D eigenvalue weighted by Crippen LogP contribution is 2.25. The normalized spacial score (nSPS) is 14.4. The molecule has 0 radical (unpaired) electrons. The molecule has 0 bridgehead atoms. The predicted octanol–water partition coefficient (Wildman–Crippen LogP) is 2.71. The summed E-state index contributed by atoms with van der Waals surface area (Å²) < 4.78 is 0. The highest BCUT2D eigenvalue weighted by atomic mass is 32.1. The average molecular weight is 213 g/mol. The Labute approximate surface area is 90.0 Å². The third kappa shape index (κ3) is 2.79. The molecule has 3 heteroatoms. The molecule has 0 fully saturated rings. The van der Waals surface area contributed by atoms with Gasteiger partial charge < -0.3 is 5.11 Å². The summed E-state index contributed by atoms with van der Waals surface area (Å²) in [4.78, 5) is 5.67. The molecule has 0 saturated carbocycles. The first-order valence-electron chi connectivity index (χ1n) is 4.91. The van der Waals surface area contributed by atoms with E-state index in [4.69, 9.17) is 0 Å². The maximum absolute atomic E-state index is 9.91. The van der Waals surface area contributed by atoms with E-state index in [-0.39, 0.29) is 11.5 Å². The van der Waals surface area contributed by atoms with Crippen LogP contribution in [-0.4, -0.2) is 16.2 Å². The number of nitrogens with zero attached hydrogens (tertiary/aromatic N) is 1. The van der Waals surface area contributed by atoms with E-state index >= 15 is 0 Å². The van der Waals surface area contributed by atoms with Crippen molar-refractivity contribution in [2.24, 2.45) is 5.41 Å². The van der Waals surface area contributed by atoms with Crippen molar-refractivity contribution in [1.82, 2.24) is 4.98 Å².